The average molecular weight is 406 g/mol. The second-order valence-electron chi connectivity index (χ2n) is 7.59. The van der Waals surface area contributed by atoms with Gasteiger partial charge in [0, 0.05) is 32.1 Å². The Morgan fingerprint density at radius 2 is 2.00 bits per heavy atom. The molecule has 2 atom stereocenters. The third-order valence-corrected chi connectivity index (χ3v) is 7.76. The molecule has 0 radical (unpaired) electrons. The maximum absolute atomic E-state index is 13.3. The van der Waals surface area contributed by atoms with E-state index in [4.69, 9.17) is 20.5 Å². The Morgan fingerprint density at radius 3 is 2.44 bits per heavy atom. The minimum absolute atomic E-state index is 0.00309. The minimum atomic E-state index is -3.90. The molecule has 3 heterocycles. The van der Waals surface area contributed by atoms with E-state index in [1.165, 1.54) is 4.31 Å². The van der Waals surface area contributed by atoms with Gasteiger partial charge in [-0.3, -0.25) is 4.79 Å². The highest BCUT2D eigenvalue weighted by Crippen LogP contribution is 2.34. The van der Waals surface area contributed by atoms with Gasteiger partial charge in [0.2, 0.25) is 0 Å². The number of ether oxygens (including phenoxy) is 1. The van der Waals surface area contributed by atoms with Crippen LogP contribution in [0.15, 0.2) is 0 Å². The van der Waals surface area contributed by atoms with Crippen LogP contribution in [-0.2, 0) is 19.7 Å². The van der Waals surface area contributed by atoms with Gasteiger partial charge in [-0.05, 0) is 12.7 Å². The topological polar surface area (TPSA) is 166 Å². The fourth-order valence-electron chi connectivity index (χ4n) is 3.84. The van der Waals surface area contributed by atoms with Crippen LogP contribution in [0.2, 0.25) is 6.32 Å². The lowest BCUT2D eigenvalue weighted by atomic mass is 9.78. The molecule has 13 heteroatoms. The summed E-state index contributed by atoms with van der Waals surface area (Å²) in [7, 11) is -5.38. The molecular weight excluding hydrogens is 379 g/mol. The Kier molecular flexibility index (Phi) is 6.13. The van der Waals surface area contributed by atoms with E-state index in [0.29, 0.717) is 39.1 Å². The molecule has 0 aliphatic carbocycles. The van der Waals surface area contributed by atoms with Crippen LogP contribution in [0.5, 0.6) is 0 Å². The van der Waals surface area contributed by atoms with Gasteiger partial charge in [0.15, 0.2) is 0 Å². The lowest BCUT2D eigenvalue weighted by Gasteiger charge is -2.45. The summed E-state index contributed by atoms with van der Waals surface area (Å²) in [6.07, 6.45) is 0.720. The lowest BCUT2D eigenvalue weighted by Crippen LogP contribution is -2.67. The molecule has 3 saturated heterocycles. The standard InChI is InChI=1S/C14H27BN4O7S/c16-14(13(20)21)9-18(6-10(14)2-1-3-15(22)23)27(24,25)19(11-4-17-5-11)12-7-26-8-12/h10-12,17,22-23H,1-9,16H2,(H,20,21)/t10-,14-/m0/s1. The predicted octanol–water partition coefficient (Wildman–Crippen LogP) is -3.13. The molecule has 3 rings (SSSR count). The van der Waals surface area contributed by atoms with E-state index in [2.05, 4.69) is 5.32 Å². The molecule has 27 heavy (non-hydrogen) atoms. The number of hydrogen-bond donors (Lipinski definition) is 5. The van der Waals surface area contributed by atoms with Crippen LogP contribution in [0.4, 0.5) is 0 Å². The van der Waals surface area contributed by atoms with Gasteiger partial charge in [-0.1, -0.05) is 6.42 Å². The SMILES string of the molecule is N[C@@]1(C(=O)O)CN(S(=O)(=O)N(C2CNC2)C2COC2)C[C@@H]1CCCB(O)O. The number of nitrogens with two attached hydrogens (primary N) is 1. The summed E-state index contributed by atoms with van der Waals surface area (Å²) >= 11 is 0. The molecule has 0 amide bonds. The second kappa shape index (κ2) is 7.91. The summed E-state index contributed by atoms with van der Waals surface area (Å²) in [6, 6.07) is -0.424. The van der Waals surface area contributed by atoms with Crippen molar-refractivity contribution in [3.8, 4) is 0 Å². The highest BCUT2D eigenvalue weighted by molar-refractivity contribution is 7.86. The Labute approximate surface area is 158 Å². The monoisotopic (exact) mass is 406 g/mol. The van der Waals surface area contributed by atoms with E-state index in [9.17, 15) is 18.3 Å². The van der Waals surface area contributed by atoms with Crippen LogP contribution in [0.1, 0.15) is 12.8 Å². The number of carbonyl (C=O) groups is 1. The van der Waals surface area contributed by atoms with E-state index < -0.39 is 34.8 Å². The van der Waals surface area contributed by atoms with E-state index in [-0.39, 0.29) is 31.5 Å². The lowest BCUT2D eigenvalue weighted by molar-refractivity contribution is -0.144. The summed E-state index contributed by atoms with van der Waals surface area (Å²) in [5.41, 5.74) is 4.41. The number of hydrogen-bond acceptors (Lipinski definition) is 8. The van der Waals surface area contributed by atoms with Crippen molar-refractivity contribution in [1.29, 1.82) is 0 Å². The number of carboxylic acids is 1. The molecule has 0 bridgehead atoms. The summed E-state index contributed by atoms with van der Waals surface area (Å²) < 4.78 is 34.3. The molecule has 0 aromatic carbocycles. The minimum Gasteiger partial charge on any atom is -0.480 e. The number of aliphatic carboxylic acids is 1. The molecule has 0 spiro atoms. The Bertz CT molecular complexity index is 644. The van der Waals surface area contributed by atoms with Crippen molar-refractivity contribution in [3.05, 3.63) is 0 Å². The van der Waals surface area contributed by atoms with Crippen LogP contribution < -0.4 is 11.1 Å². The van der Waals surface area contributed by atoms with Gasteiger partial charge in [0.05, 0.1) is 25.3 Å². The average Bonchev–Trinajstić information content (AvgIpc) is 2.82. The van der Waals surface area contributed by atoms with Gasteiger partial charge in [-0.25, -0.2) is 0 Å². The first kappa shape index (κ1) is 20.9. The van der Waals surface area contributed by atoms with E-state index in [0.717, 1.165) is 4.31 Å². The van der Waals surface area contributed by atoms with E-state index in [1.54, 1.807) is 0 Å². The van der Waals surface area contributed by atoms with Crippen molar-refractivity contribution in [3.63, 3.8) is 0 Å². The second-order valence-corrected chi connectivity index (χ2v) is 9.42. The van der Waals surface area contributed by atoms with Crippen molar-refractivity contribution in [1.82, 2.24) is 13.9 Å². The summed E-state index contributed by atoms with van der Waals surface area (Å²) in [5, 5.41) is 30.6. The predicted molar refractivity (Wildman–Crippen MR) is 95.9 cm³/mol. The van der Waals surface area contributed by atoms with Crippen molar-refractivity contribution >= 4 is 23.3 Å². The first-order valence-corrected chi connectivity index (χ1v) is 10.5. The van der Waals surface area contributed by atoms with Crippen LogP contribution in [-0.4, -0.2) is 102 Å². The summed E-state index contributed by atoms with van der Waals surface area (Å²) in [5.74, 6) is -1.86. The van der Waals surface area contributed by atoms with E-state index >= 15 is 0 Å². The highest BCUT2D eigenvalue weighted by Gasteiger charge is 2.55. The first-order valence-electron chi connectivity index (χ1n) is 9.11. The third kappa shape index (κ3) is 4.01. The highest BCUT2D eigenvalue weighted by atomic mass is 32.2. The molecule has 3 aliphatic rings. The van der Waals surface area contributed by atoms with Crippen molar-refractivity contribution in [2.24, 2.45) is 11.7 Å². The molecule has 0 unspecified atom stereocenters. The molecule has 0 aromatic rings. The summed E-state index contributed by atoms with van der Waals surface area (Å²) in [4.78, 5) is 11.8. The number of nitrogens with zero attached hydrogens (tertiary/aromatic N) is 2. The normalized spacial score (nSPS) is 30.3. The van der Waals surface area contributed by atoms with Crippen LogP contribution in [0, 0.1) is 5.92 Å². The molecule has 3 fully saturated rings. The van der Waals surface area contributed by atoms with Crippen molar-refractivity contribution in [2.75, 3.05) is 39.4 Å². The van der Waals surface area contributed by atoms with Gasteiger partial charge in [0.1, 0.15) is 5.54 Å². The fourth-order valence-corrected chi connectivity index (χ4v) is 5.88. The largest absolute Gasteiger partial charge is 0.480 e. The van der Waals surface area contributed by atoms with Crippen LogP contribution in [0.3, 0.4) is 0 Å². The smallest absolute Gasteiger partial charge is 0.451 e. The van der Waals surface area contributed by atoms with Gasteiger partial charge in [-0.15, -0.1) is 0 Å². The molecule has 0 aromatic heterocycles. The molecule has 154 valence electrons. The van der Waals surface area contributed by atoms with Gasteiger partial charge < -0.3 is 30.9 Å². The molecular formula is C14H27BN4O7S. The molecule has 3 aliphatic heterocycles. The molecule has 11 nitrogen and oxygen atoms in total. The van der Waals surface area contributed by atoms with E-state index in [1.807, 2.05) is 0 Å². The Morgan fingerprint density at radius 1 is 1.33 bits per heavy atom. The number of rotatable bonds is 9. The Balaban J connectivity index is 1.77. The zero-order valence-corrected chi connectivity index (χ0v) is 15.8. The quantitative estimate of drug-likeness (QED) is 0.249. The number of carboxylic acid groups (broad SMARTS) is 1. The maximum Gasteiger partial charge on any atom is 0.451 e. The van der Waals surface area contributed by atoms with Crippen molar-refractivity contribution < 1.29 is 33.1 Å². The molecule has 6 N–H and O–H groups in total. The zero-order valence-electron chi connectivity index (χ0n) is 15.0. The van der Waals surface area contributed by atoms with Crippen molar-refractivity contribution in [2.45, 2.75) is 36.8 Å². The van der Waals surface area contributed by atoms with Gasteiger partial charge in [0.25, 0.3) is 10.2 Å². The zero-order chi connectivity index (χ0) is 19.8. The van der Waals surface area contributed by atoms with Crippen LogP contribution >= 0.6 is 0 Å². The molecule has 0 saturated carbocycles. The van der Waals surface area contributed by atoms with Crippen LogP contribution in [0.25, 0.3) is 0 Å². The maximum atomic E-state index is 13.3. The first-order chi connectivity index (χ1) is 12.7. The number of nitrogens with one attached hydrogen (secondary N) is 1. The van der Waals surface area contributed by atoms with Gasteiger partial charge >= 0.3 is 13.1 Å². The third-order valence-electron chi connectivity index (χ3n) is 5.70. The fraction of sp³-hybridized carbons (Fsp3) is 0.929. The summed E-state index contributed by atoms with van der Waals surface area (Å²) in [6.45, 7) is 1.45. The Hall–Kier alpha value is -0.795. The van der Waals surface area contributed by atoms with Gasteiger partial charge in [-0.2, -0.15) is 17.0 Å².